The molecular formula is C34H48N4O7. The normalized spacial score (nSPS) is 30.7. The maximum Gasteiger partial charge on any atom is 0.248 e. The number of aliphatic hydroxyl groups excluding tert-OH is 1. The van der Waals surface area contributed by atoms with E-state index in [2.05, 4.69) is 18.1 Å². The molecule has 2 bridgehead atoms. The van der Waals surface area contributed by atoms with Crippen LogP contribution in [0.4, 0.5) is 5.69 Å². The van der Waals surface area contributed by atoms with E-state index < -0.39 is 29.1 Å². The monoisotopic (exact) mass is 624 g/mol. The SMILES string of the molecule is C=CCN(CCN1CCOCC1)C(=O)C1N(CCO)C(=O)[C@@H]2[C@H](C(=O)N(CC=C)c3ccc(OCC)cc3)[C@@]3(C)OC12CC3C. The van der Waals surface area contributed by atoms with Gasteiger partial charge in [0, 0.05) is 51.5 Å². The van der Waals surface area contributed by atoms with Crippen molar-refractivity contribution in [3.05, 3.63) is 49.6 Å². The number of benzene rings is 1. The van der Waals surface area contributed by atoms with Gasteiger partial charge in [-0.05, 0) is 50.5 Å². The van der Waals surface area contributed by atoms with E-state index in [4.69, 9.17) is 14.2 Å². The van der Waals surface area contributed by atoms with Crippen LogP contribution in [0.5, 0.6) is 5.75 Å². The summed E-state index contributed by atoms with van der Waals surface area (Å²) >= 11 is 0. The zero-order chi connectivity index (χ0) is 32.4. The fourth-order valence-electron chi connectivity index (χ4n) is 7.96. The predicted molar refractivity (Wildman–Crippen MR) is 170 cm³/mol. The Morgan fingerprint density at radius 1 is 1.11 bits per heavy atom. The molecule has 4 aliphatic rings. The molecule has 5 rings (SSSR count). The molecule has 1 aromatic rings. The summed E-state index contributed by atoms with van der Waals surface area (Å²) < 4.78 is 18.0. The lowest BCUT2D eigenvalue weighted by Crippen LogP contribution is -2.58. The zero-order valence-electron chi connectivity index (χ0n) is 26.9. The van der Waals surface area contributed by atoms with Crippen LogP contribution in [-0.2, 0) is 23.9 Å². The first-order valence-electron chi connectivity index (χ1n) is 16.1. The van der Waals surface area contributed by atoms with E-state index in [1.165, 1.54) is 4.90 Å². The Bertz CT molecular complexity index is 1270. The maximum atomic E-state index is 14.6. The first kappa shape index (κ1) is 33.1. The Hall–Kier alpha value is -3.25. The van der Waals surface area contributed by atoms with Gasteiger partial charge in [0.05, 0.1) is 43.9 Å². The second-order valence-corrected chi connectivity index (χ2v) is 12.7. The number of hydrogen-bond acceptors (Lipinski definition) is 8. The van der Waals surface area contributed by atoms with Gasteiger partial charge in [0.25, 0.3) is 0 Å². The van der Waals surface area contributed by atoms with Crippen molar-refractivity contribution in [2.75, 3.05) is 77.1 Å². The maximum absolute atomic E-state index is 14.6. The molecular weight excluding hydrogens is 576 g/mol. The number of amides is 3. The van der Waals surface area contributed by atoms with Gasteiger partial charge >= 0.3 is 0 Å². The molecule has 4 aliphatic heterocycles. The summed E-state index contributed by atoms with van der Waals surface area (Å²) in [6, 6.07) is 6.31. The molecule has 1 spiro atoms. The number of morpholine rings is 1. The van der Waals surface area contributed by atoms with Crippen LogP contribution in [0.15, 0.2) is 49.6 Å². The third kappa shape index (κ3) is 5.80. The summed E-state index contributed by atoms with van der Waals surface area (Å²) in [5.41, 5.74) is -1.51. The molecule has 3 amide bonds. The van der Waals surface area contributed by atoms with Crippen molar-refractivity contribution in [1.82, 2.24) is 14.7 Å². The van der Waals surface area contributed by atoms with Crippen LogP contribution in [0.2, 0.25) is 0 Å². The molecule has 6 atom stereocenters. The smallest absolute Gasteiger partial charge is 0.248 e. The number of carbonyl (C=O) groups is 3. The first-order valence-corrected chi connectivity index (χ1v) is 16.1. The van der Waals surface area contributed by atoms with Gasteiger partial charge in [-0.3, -0.25) is 19.3 Å². The molecule has 4 heterocycles. The summed E-state index contributed by atoms with van der Waals surface area (Å²) in [7, 11) is 0. The van der Waals surface area contributed by atoms with E-state index in [0.29, 0.717) is 57.3 Å². The van der Waals surface area contributed by atoms with Crippen molar-refractivity contribution < 1.29 is 33.7 Å². The number of aliphatic hydroxyl groups is 1. The molecule has 0 aliphatic carbocycles. The van der Waals surface area contributed by atoms with Crippen LogP contribution in [0.3, 0.4) is 0 Å². The zero-order valence-corrected chi connectivity index (χ0v) is 26.9. The van der Waals surface area contributed by atoms with Crippen LogP contribution in [0, 0.1) is 17.8 Å². The van der Waals surface area contributed by atoms with Crippen LogP contribution < -0.4 is 9.64 Å². The molecule has 0 aromatic heterocycles. The summed E-state index contributed by atoms with van der Waals surface area (Å²) in [6.45, 7) is 18.3. The minimum absolute atomic E-state index is 0.0243. The molecule has 0 saturated carbocycles. The molecule has 11 heteroatoms. The largest absolute Gasteiger partial charge is 0.494 e. The molecule has 4 fully saturated rings. The Labute approximate surface area is 266 Å². The molecule has 246 valence electrons. The first-order chi connectivity index (χ1) is 21.7. The standard InChI is InChI=1S/C34H48N4O7/c1-6-13-36(16-15-35-18-21-43-22-19-35)32(42)29-34-23-24(4)33(5,45-34)27(28(34)31(41)38(29)17-20-39)30(40)37(14-7-2)25-9-11-26(12-10-25)44-8-3/h6-7,9-12,24,27-29,39H,1-2,8,13-23H2,3-5H3/t24?,27-,28+,29?,33+,34?/m1/s1. The van der Waals surface area contributed by atoms with Crippen molar-refractivity contribution in [3.63, 3.8) is 0 Å². The van der Waals surface area contributed by atoms with Crippen LogP contribution in [-0.4, -0.2) is 127 Å². The van der Waals surface area contributed by atoms with Gasteiger partial charge in [0.2, 0.25) is 17.7 Å². The van der Waals surface area contributed by atoms with E-state index in [-0.39, 0.29) is 43.3 Å². The van der Waals surface area contributed by atoms with Crippen molar-refractivity contribution >= 4 is 23.4 Å². The van der Waals surface area contributed by atoms with Crippen molar-refractivity contribution in [2.24, 2.45) is 17.8 Å². The number of likely N-dealkylation sites (tertiary alicyclic amines) is 1. The summed E-state index contributed by atoms with van der Waals surface area (Å²) in [5.74, 6) is -1.93. The van der Waals surface area contributed by atoms with Crippen molar-refractivity contribution in [1.29, 1.82) is 0 Å². The third-order valence-electron chi connectivity index (χ3n) is 10.1. The number of fused-ring (bicyclic) bond motifs is 1. The van der Waals surface area contributed by atoms with Crippen LogP contribution in [0.1, 0.15) is 27.2 Å². The van der Waals surface area contributed by atoms with Crippen molar-refractivity contribution in [2.45, 2.75) is 44.4 Å². The molecule has 3 unspecified atom stereocenters. The third-order valence-corrected chi connectivity index (χ3v) is 10.1. The second kappa shape index (κ2) is 13.6. The summed E-state index contributed by atoms with van der Waals surface area (Å²) in [4.78, 5) is 50.7. The molecule has 45 heavy (non-hydrogen) atoms. The van der Waals surface area contributed by atoms with E-state index in [1.807, 2.05) is 45.0 Å². The second-order valence-electron chi connectivity index (χ2n) is 12.7. The van der Waals surface area contributed by atoms with E-state index in [0.717, 1.165) is 13.1 Å². The fourth-order valence-corrected chi connectivity index (χ4v) is 7.96. The minimum Gasteiger partial charge on any atom is -0.494 e. The minimum atomic E-state index is -1.20. The van der Waals surface area contributed by atoms with Gasteiger partial charge in [0.1, 0.15) is 17.4 Å². The highest BCUT2D eigenvalue weighted by molar-refractivity contribution is 6.03. The molecule has 4 saturated heterocycles. The lowest BCUT2D eigenvalue weighted by atomic mass is 9.62. The molecule has 0 radical (unpaired) electrons. The molecule has 1 aromatic carbocycles. The summed E-state index contributed by atoms with van der Waals surface area (Å²) in [5, 5.41) is 10.0. The number of β-amino-alcohol motifs (C(OH)–C–C–N with tert-alkyl or cyclic N) is 1. The van der Waals surface area contributed by atoms with Gasteiger partial charge in [-0.15, -0.1) is 13.2 Å². The highest BCUT2D eigenvalue weighted by atomic mass is 16.5. The molecule has 1 N–H and O–H groups in total. The van der Waals surface area contributed by atoms with Gasteiger partial charge < -0.3 is 34.0 Å². The van der Waals surface area contributed by atoms with E-state index in [1.54, 1.807) is 22.0 Å². The number of ether oxygens (including phenoxy) is 3. The predicted octanol–water partition coefficient (Wildman–Crippen LogP) is 1.95. The Morgan fingerprint density at radius 3 is 2.42 bits per heavy atom. The number of carbonyl (C=O) groups excluding carboxylic acids is 3. The lowest BCUT2D eigenvalue weighted by molar-refractivity contribution is -0.152. The van der Waals surface area contributed by atoms with Crippen LogP contribution >= 0.6 is 0 Å². The Morgan fingerprint density at radius 2 is 1.80 bits per heavy atom. The summed E-state index contributed by atoms with van der Waals surface area (Å²) in [6.07, 6.45) is 3.80. The Balaban J connectivity index is 1.49. The molecule has 11 nitrogen and oxygen atoms in total. The van der Waals surface area contributed by atoms with E-state index in [9.17, 15) is 19.5 Å². The van der Waals surface area contributed by atoms with Gasteiger partial charge in [0.15, 0.2) is 0 Å². The Kier molecular flexibility index (Phi) is 10.0. The average molecular weight is 625 g/mol. The van der Waals surface area contributed by atoms with Gasteiger partial charge in [-0.2, -0.15) is 0 Å². The number of hydrogen-bond donors (Lipinski definition) is 1. The highest BCUT2D eigenvalue weighted by Crippen LogP contribution is 2.65. The number of rotatable bonds is 14. The van der Waals surface area contributed by atoms with Gasteiger partial charge in [-0.1, -0.05) is 19.1 Å². The van der Waals surface area contributed by atoms with Crippen molar-refractivity contribution in [3.8, 4) is 5.75 Å². The van der Waals surface area contributed by atoms with E-state index >= 15 is 0 Å². The lowest BCUT2D eigenvalue weighted by Gasteiger charge is -2.39. The number of nitrogens with zero attached hydrogens (tertiary/aromatic N) is 4. The fraction of sp³-hybridized carbons (Fsp3) is 0.618. The van der Waals surface area contributed by atoms with Gasteiger partial charge in [-0.25, -0.2) is 0 Å². The van der Waals surface area contributed by atoms with Crippen LogP contribution in [0.25, 0.3) is 0 Å². The quantitative estimate of drug-likeness (QED) is 0.313. The number of anilines is 1. The average Bonchev–Trinajstić information content (AvgIpc) is 3.55. The topological polar surface area (TPSA) is 112 Å². The highest BCUT2D eigenvalue weighted by Gasteiger charge is 2.80.